The van der Waals surface area contributed by atoms with Crippen molar-refractivity contribution in [2.45, 2.75) is 19.4 Å². The molecular formula is C23H25ClN4O5. The lowest BCUT2D eigenvalue weighted by molar-refractivity contribution is -0.121. The maximum absolute atomic E-state index is 12.4. The van der Waals surface area contributed by atoms with Crippen LogP contribution in [0.4, 0.5) is 0 Å². The molecule has 0 radical (unpaired) electrons. The Bertz CT molecular complexity index is 1150. The van der Waals surface area contributed by atoms with Gasteiger partial charge in [0.1, 0.15) is 12.3 Å². The van der Waals surface area contributed by atoms with Crippen LogP contribution in [-0.2, 0) is 22.6 Å². The van der Waals surface area contributed by atoms with Crippen molar-refractivity contribution in [2.75, 3.05) is 27.4 Å². The summed E-state index contributed by atoms with van der Waals surface area (Å²) in [6.07, 6.45) is 0.314. The highest BCUT2D eigenvalue weighted by atomic mass is 35.5. The normalized spacial score (nSPS) is 10.6. The Kier molecular flexibility index (Phi) is 8.79. The highest BCUT2D eigenvalue weighted by Gasteiger charge is 2.12. The average Bonchev–Trinajstić information content (AvgIpc) is 2.82. The molecule has 0 spiro atoms. The van der Waals surface area contributed by atoms with Crippen LogP contribution in [0.5, 0.6) is 11.5 Å². The number of H-pyrrole nitrogens is 1. The van der Waals surface area contributed by atoms with Crippen LogP contribution in [0.3, 0.4) is 0 Å². The summed E-state index contributed by atoms with van der Waals surface area (Å²) in [4.78, 5) is 26.9. The lowest BCUT2D eigenvalue weighted by Gasteiger charge is -2.12. The summed E-state index contributed by atoms with van der Waals surface area (Å²) in [7, 11) is 3.08. The van der Waals surface area contributed by atoms with Crippen molar-refractivity contribution >= 4 is 17.5 Å². The third-order valence-electron chi connectivity index (χ3n) is 4.70. The minimum atomic E-state index is -0.398. The largest absolute Gasteiger partial charge is 0.493 e. The molecule has 0 fully saturated rings. The van der Waals surface area contributed by atoms with Crippen LogP contribution in [-0.4, -0.2) is 48.5 Å². The van der Waals surface area contributed by atoms with E-state index in [2.05, 4.69) is 20.5 Å². The fraction of sp³-hybridized carbons (Fsp3) is 0.304. The summed E-state index contributed by atoms with van der Waals surface area (Å²) >= 11 is 6.01. The monoisotopic (exact) mass is 472 g/mol. The molecule has 0 bridgehead atoms. The summed E-state index contributed by atoms with van der Waals surface area (Å²) in [5.74, 6) is 1.12. The summed E-state index contributed by atoms with van der Waals surface area (Å²) in [6.45, 7) is 1.16. The Hall–Kier alpha value is -3.43. The second kappa shape index (κ2) is 12.0. The number of aromatic nitrogens is 3. The van der Waals surface area contributed by atoms with E-state index < -0.39 is 5.56 Å². The van der Waals surface area contributed by atoms with Gasteiger partial charge in [-0.3, -0.25) is 9.59 Å². The number of carbonyl (C=O) groups is 1. The number of aryl methyl sites for hydroxylation is 1. The highest BCUT2D eigenvalue weighted by molar-refractivity contribution is 6.30. The molecule has 0 unspecified atom stereocenters. The van der Waals surface area contributed by atoms with Crippen molar-refractivity contribution in [3.8, 4) is 22.9 Å². The van der Waals surface area contributed by atoms with Crippen LogP contribution in [0.2, 0.25) is 5.02 Å². The smallest absolute Gasteiger partial charge is 0.273 e. The van der Waals surface area contributed by atoms with E-state index in [4.69, 9.17) is 25.8 Å². The van der Waals surface area contributed by atoms with Gasteiger partial charge in [0.05, 0.1) is 13.7 Å². The number of ether oxygens (including phenoxy) is 3. The van der Waals surface area contributed by atoms with Crippen LogP contribution in [0.15, 0.2) is 47.3 Å². The topological polar surface area (TPSA) is 115 Å². The first-order valence-electron chi connectivity index (χ1n) is 10.3. The number of nitrogens with one attached hydrogen (secondary N) is 2. The minimum absolute atomic E-state index is 0.132. The molecular weight excluding hydrogens is 448 g/mol. The zero-order valence-electron chi connectivity index (χ0n) is 18.4. The molecule has 0 saturated heterocycles. The van der Waals surface area contributed by atoms with Crippen LogP contribution < -0.4 is 20.3 Å². The summed E-state index contributed by atoms with van der Waals surface area (Å²) in [6, 6.07) is 12.6. The molecule has 2 aromatic carbocycles. The van der Waals surface area contributed by atoms with Gasteiger partial charge in [-0.15, -0.1) is 10.2 Å². The lowest BCUT2D eigenvalue weighted by atomic mass is 10.2. The van der Waals surface area contributed by atoms with Crippen LogP contribution in [0, 0.1) is 0 Å². The van der Waals surface area contributed by atoms with Gasteiger partial charge in [0.25, 0.3) is 5.56 Å². The Morgan fingerprint density at radius 1 is 1.12 bits per heavy atom. The van der Waals surface area contributed by atoms with Gasteiger partial charge >= 0.3 is 0 Å². The van der Waals surface area contributed by atoms with E-state index in [0.29, 0.717) is 41.8 Å². The quantitative estimate of drug-likeness (QED) is 0.412. The fourth-order valence-corrected chi connectivity index (χ4v) is 3.20. The number of methoxy groups -OCH3 is 2. The molecule has 0 aliphatic rings. The van der Waals surface area contributed by atoms with Gasteiger partial charge in [-0.25, -0.2) is 0 Å². The number of nitrogens with zero attached hydrogens (tertiary/aromatic N) is 2. The van der Waals surface area contributed by atoms with Gasteiger partial charge in [0, 0.05) is 37.1 Å². The number of halogens is 1. The van der Waals surface area contributed by atoms with E-state index >= 15 is 0 Å². The second-order valence-electron chi connectivity index (χ2n) is 7.08. The molecule has 0 atom stereocenters. The van der Waals surface area contributed by atoms with Crippen LogP contribution in [0.1, 0.15) is 17.7 Å². The maximum atomic E-state index is 12.4. The molecule has 33 heavy (non-hydrogen) atoms. The van der Waals surface area contributed by atoms with E-state index in [1.165, 1.54) is 7.11 Å². The maximum Gasteiger partial charge on any atom is 0.273 e. The summed E-state index contributed by atoms with van der Waals surface area (Å²) in [5, 5.41) is 11.4. The number of hydrogen-bond acceptors (Lipinski definition) is 7. The van der Waals surface area contributed by atoms with Crippen LogP contribution >= 0.6 is 11.6 Å². The Balaban J connectivity index is 1.66. The molecule has 1 amide bonds. The first-order valence-corrected chi connectivity index (χ1v) is 10.6. The number of carbonyl (C=O) groups excluding carboxylic acids is 1. The fourth-order valence-electron chi connectivity index (χ4n) is 2.99. The molecule has 174 valence electrons. The molecule has 3 aromatic rings. The molecule has 0 aliphatic carbocycles. The highest BCUT2D eigenvalue weighted by Crippen LogP contribution is 2.31. The van der Waals surface area contributed by atoms with E-state index in [-0.39, 0.29) is 30.3 Å². The molecule has 1 aromatic heterocycles. The standard InChI is InChI=1S/C23H25ClN4O5/c1-31-11-10-25-21(29)9-7-18-23(30)26-22(28-27-18)16-6-8-19(20(13-16)32-2)33-14-15-4-3-5-17(24)12-15/h3-6,8,12-13H,7,9-11,14H2,1-2H3,(H,25,29)(H,26,28,30). The van der Waals surface area contributed by atoms with Gasteiger partial charge in [-0.2, -0.15) is 0 Å². The van der Waals surface area contributed by atoms with Crippen molar-refractivity contribution in [3.63, 3.8) is 0 Å². The Labute approximate surface area is 196 Å². The molecule has 3 rings (SSSR count). The molecule has 0 saturated carbocycles. The second-order valence-corrected chi connectivity index (χ2v) is 7.51. The first kappa shape index (κ1) is 24.2. The van der Waals surface area contributed by atoms with Gasteiger partial charge < -0.3 is 24.5 Å². The number of benzene rings is 2. The van der Waals surface area contributed by atoms with Gasteiger partial charge in [-0.1, -0.05) is 23.7 Å². The molecule has 2 N–H and O–H groups in total. The first-order chi connectivity index (χ1) is 16.0. The Morgan fingerprint density at radius 2 is 1.97 bits per heavy atom. The number of amides is 1. The molecule has 9 nitrogen and oxygen atoms in total. The molecule has 1 heterocycles. The van der Waals surface area contributed by atoms with Gasteiger partial charge in [0.15, 0.2) is 17.3 Å². The summed E-state index contributed by atoms with van der Waals surface area (Å²) < 4.78 is 16.2. The lowest BCUT2D eigenvalue weighted by Crippen LogP contribution is -2.28. The predicted octanol–water partition coefficient (Wildman–Crippen LogP) is 2.77. The van der Waals surface area contributed by atoms with Crippen molar-refractivity contribution in [3.05, 3.63) is 69.1 Å². The molecule has 0 aliphatic heterocycles. The zero-order valence-corrected chi connectivity index (χ0v) is 19.1. The van der Waals surface area contributed by atoms with E-state index in [0.717, 1.165) is 5.56 Å². The third-order valence-corrected chi connectivity index (χ3v) is 4.94. The van der Waals surface area contributed by atoms with Crippen molar-refractivity contribution in [1.82, 2.24) is 20.5 Å². The van der Waals surface area contributed by atoms with Gasteiger partial charge in [-0.05, 0) is 35.9 Å². The third kappa shape index (κ3) is 7.03. The van der Waals surface area contributed by atoms with Crippen LogP contribution in [0.25, 0.3) is 11.4 Å². The average molecular weight is 473 g/mol. The van der Waals surface area contributed by atoms with E-state index in [1.54, 1.807) is 31.4 Å². The van der Waals surface area contributed by atoms with Gasteiger partial charge in [0.2, 0.25) is 5.91 Å². The number of aromatic amines is 1. The van der Waals surface area contributed by atoms with Crippen molar-refractivity contribution in [1.29, 1.82) is 0 Å². The predicted molar refractivity (Wildman–Crippen MR) is 124 cm³/mol. The zero-order chi connectivity index (χ0) is 23.6. The van der Waals surface area contributed by atoms with E-state index in [9.17, 15) is 9.59 Å². The minimum Gasteiger partial charge on any atom is -0.493 e. The van der Waals surface area contributed by atoms with Crippen molar-refractivity contribution in [2.24, 2.45) is 0 Å². The van der Waals surface area contributed by atoms with Crippen molar-refractivity contribution < 1.29 is 19.0 Å². The summed E-state index contributed by atoms with van der Waals surface area (Å²) in [5.41, 5.74) is 1.32. The Morgan fingerprint density at radius 3 is 2.70 bits per heavy atom. The number of rotatable bonds is 11. The molecule has 10 heteroatoms. The van der Waals surface area contributed by atoms with E-state index in [1.807, 2.05) is 18.2 Å². The number of hydrogen-bond donors (Lipinski definition) is 2. The SMILES string of the molecule is COCCNC(=O)CCc1nnc(-c2ccc(OCc3cccc(Cl)c3)c(OC)c2)[nH]c1=O.